The predicted octanol–water partition coefficient (Wildman–Crippen LogP) is 2.64. The standard InChI is InChI=1S/C11H11FN2S/c1-7-2-3-8(12)4-9(7)11(13)10-5-15-6-14-10/h2-6,11H,13H2,1H3. The summed E-state index contributed by atoms with van der Waals surface area (Å²) in [6, 6.07) is 4.30. The Morgan fingerprint density at radius 2 is 2.27 bits per heavy atom. The lowest BCUT2D eigenvalue weighted by Gasteiger charge is -2.12. The lowest BCUT2D eigenvalue weighted by Crippen LogP contribution is -2.13. The Labute approximate surface area is 91.6 Å². The molecular formula is C11H11FN2S. The average molecular weight is 222 g/mol. The third-order valence-electron chi connectivity index (χ3n) is 2.35. The molecule has 2 rings (SSSR count). The van der Waals surface area contributed by atoms with E-state index in [9.17, 15) is 4.39 Å². The molecule has 1 aromatic carbocycles. The topological polar surface area (TPSA) is 38.9 Å². The van der Waals surface area contributed by atoms with Gasteiger partial charge in [-0.05, 0) is 30.2 Å². The predicted molar refractivity (Wildman–Crippen MR) is 59.3 cm³/mol. The second-order valence-corrected chi connectivity index (χ2v) is 4.11. The number of nitrogens with zero attached hydrogens (tertiary/aromatic N) is 1. The number of hydrogen-bond acceptors (Lipinski definition) is 3. The first kappa shape index (κ1) is 10.3. The van der Waals surface area contributed by atoms with Crippen molar-refractivity contribution in [2.75, 3.05) is 0 Å². The Hall–Kier alpha value is -1.26. The van der Waals surface area contributed by atoms with Crippen LogP contribution in [-0.2, 0) is 0 Å². The fourth-order valence-electron chi connectivity index (χ4n) is 1.48. The molecule has 1 heterocycles. The number of halogens is 1. The van der Waals surface area contributed by atoms with Crippen LogP contribution in [0.25, 0.3) is 0 Å². The molecule has 0 radical (unpaired) electrons. The van der Waals surface area contributed by atoms with Crippen molar-refractivity contribution in [1.82, 2.24) is 4.98 Å². The molecule has 1 aromatic heterocycles. The molecule has 2 N–H and O–H groups in total. The van der Waals surface area contributed by atoms with Crippen molar-refractivity contribution < 1.29 is 4.39 Å². The Kier molecular flexibility index (Phi) is 2.79. The van der Waals surface area contributed by atoms with Gasteiger partial charge >= 0.3 is 0 Å². The number of rotatable bonds is 2. The second kappa shape index (κ2) is 4.08. The van der Waals surface area contributed by atoms with Crippen LogP contribution in [0.2, 0.25) is 0 Å². The molecule has 0 aliphatic heterocycles. The Balaban J connectivity index is 2.41. The molecule has 1 atom stereocenters. The van der Waals surface area contributed by atoms with Crippen LogP contribution in [0.5, 0.6) is 0 Å². The molecule has 0 amide bonds. The molecule has 1 unspecified atom stereocenters. The van der Waals surface area contributed by atoms with Crippen LogP contribution in [0.1, 0.15) is 22.9 Å². The van der Waals surface area contributed by atoms with Gasteiger partial charge in [-0.25, -0.2) is 9.37 Å². The first-order chi connectivity index (χ1) is 7.18. The quantitative estimate of drug-likeness (QED) is 0.848. The van der Waals surface area contributed by atoms with E-state index in [0.29, 0.717) is 0 Å². The van der Waals surface area contributed by atoms with E-state index in [1.165, 1.54) is 23.5 Å². The van der Waals surface area contributed by atoms with Gasteiger partial charge in [0.15, 0.2) is 0 Å². The highest BCUT2D eigenvalue weighted by Gasteiger charge is 2.13. The van der Waals surface area contributed by atoms with Crippen LogP contribution >= 0.6 is 11.3 Å². The van der Waals surface area contributed by atoms with E-state index in [1.54, 1.807) is 11.6 Å². The molecule has 2 nitrogen and oxygen atoms in total. The van der Waals surface area contributed by atoms with Gasteiger partial charge in [-0.15, -0.1) is 11.3 Å². The molecular weight excluding hydrogens is 211 g/mol. The van der Waals surface area contributed by atoms with Gasteiger partial charge in [-0.2, -0.15) is 0 Å². The van der Waals surface area contributed by atoms with E-state index >= 15 is 0 Å². The molecule has 2 aromatic rings. The maximum absolute atomic E-state index is 13.1. The number of aryl methyl sites for hydroxylation is 1. The van der Waals surface area contributed by atoms with Gasteiger partial charge in [-0.3, -0.25) is 0 Å². The van der Waals surface area contributed by atoms with E-state index in [2.05, 4.69) is 4.98 Å². The first-order valence-corrected chi connectivity index (χ1v) is 5.52. The minimum atomic E-state index is -0.341. The van der Waals surface area contributed by atoms with Gasteiger partial charge in [0.05, 0.1) is 17.2 Å². The van der Waals surface area contributed by atoms with E-state index in [0.717, 1.165) is 16.8 Å². The summed E-state index contributed by atoms with van der Waals surface area (Å²) in [5, 5.41) is 1.88. The summed E-state index contributed by atoms with van der Waals surface area (Å²) in [4.78, 5) is 4.13. The smallest absolute Gasteiger partial charge is 0.123 e. The van der Waals surface area contributed by atoms with Crippen LogP contribution in [0.4, 0.5) is 4.39 Å². The van der Waals surface area contributed by atoms with Crippen molar-refractivity contribution in [3.63, 3.8) is 0 Å². The molecule has 0 saturated carbocycles. The molecule has 0 aliphatic carbocycles. The Morgan fingerprint density at radius 3 is 2.93 bits per heavy atom. The SMILES string of the molecule is Cc1ccc(F)cc1C(N)c1cscn1. The van der Waals surface area contributed by atoms with Crippen LogP contribution in [-0.4, -0.2) is 4.98 Å². The van der Waals surface area contributed by atoms with Crippen molar-refractivity contribution in [2.24, 2.45) is 5.73 Å². The van der Waals surface area contributed by atoms with Gasteiger partial charge in [0, 0.05) is 5.38 Å². The third kappa shape index (κ3) is 2.06. The maximum atomic E-state index is 13.1. The third-order valence-corrected chi connectivity index (χ3v) is 2.95. The number of nitrogens with two attached hydrogens (primary N) is 1. The van der Waals surface area contributed by atoms with Gasteiger partial charge < -0.3 is 5.73 Å². The second-order valence-electron chi connectivity index (χ2n) is 3.39. The van der Waals surface area contributed by atoms with E-state index in [-0.39, 0.29) is 11.9 Å². The van der Waals surface area contributed by atoms with Gasteiger partial charge in [-0.1, -0.05) is 6.07 Å². The largest absolute Gasteiger partial charge is 0.319 e. The highest BCUT2D eigenvalue weighted by molar-refractivity contribution is 7.07. The maximum Gasteiger partial charge on any atom is 0.123 e. The Morgan fingerprint density at radius 1 is 1.47 bits per heavy atom. The van der Waals surface area contributed by atoms with E-state index in [4.69, 9.17) is 5.73 Å². The number of aromatic nitrogens is 1. The van der Waals surface area contributed by atoms with Crippen molar-refractivity contribution >= 4 is 11.3 Å². The molecule has 0 spiro atoms. The van der Waals surface area contributed by atoms with Crippen LogP contribution < -0.4 is 5.73 Å². The van der Waals surface area contributed by atoms with Crippen LogP contribution in [0, 0.1) is 12.7 Å². The van der Waals surface area contributed by atoms with E-state index < -0.39 is 0 Å². The lowest BCUT2D eigenvalue weighted by molar-refractivity contribution is 0.622. The molecule has 0 aliphatic rings. The summed E-state index contributed by atoms with van der Waals surface area (Å²) >= 11 is 1.49. The monoisotopic (exact) mass is 222 g/mol. The van der Waals surface area contributed by atoms with Gasteiger partial charge in [0.1, 0.15) is 5.82 Å². The number of thiazole rings is 1. The summed E-state index contributed by atoms with van der Waals surface area (Å²) in [5.74, 6) is -0.263. The van der Waals surface area contributed by atoms with E-state index in [1.807, 2.05) is 12.3 Å². The summed E-state index contributed by atoms with van der Waals surface area (Å²) in [6.07, 6.45) is 0. The molecule has 78 valence electrons. The summed E-state index contributed by atoms with van der Waals surface area (Å²) in [5.41, 5.74) is 10.3. The number of hydrogen-bond donors (Lipinski definition) is 1. The lowest BCUT2D eigenvalue weighted by atomic mass is 10.00. The van der Waals surface area contributed by atoms with Crippen molar-refractivity contribution in [2.45, 2.75) is 13.0 Å². The summed E-state index contributed by atoms with van der Waals surface area (Å²) in [6.45, 7) is 1.92. The first-order valence-electron chi connectivity index (χ1n) is 4.58. The normalized spacial score (nSPS) is 12.7. The summed E-state index contributed by atoms with van der Waals surface area (Å²) < 4.78 is 13.1. The minimum absolute atomic E-state index is 0.263. The van der Waals surface area contributed by atoms with Crippen molar-refractivity contribution in [1.29, 1.82) is 0 Å². The zero-order valence-electron chi connectivity index (χ0n) is 8.27. The summed E-state index contributed by atoms with van der Waals surface area (Å²) in [7, 11) is 0. The highest BCUT2D eigenvalue weighted by Crippen LogP contribution is 2.23. The van der Waals surface area contributed by atoms with Crippen molar-refractivity contribution in [3.05, 3.63) is 51.7 Å². The fourth-order valence-corrected chi connectivity index (χ4v) is 2.07. The molecule has 0 saturated heterocycles. The average Bonchev–Trinajstić information content (AvgIpc) is 2.74. The Bertz CT molecular complexity index is 454. The van der Waals surface area contributed by atoms with Crippen molar-refractivity contribution in [3.8, 4) is 0 Å². The van der Waals surface area contributed by atoms with Crippen LogP contribution in [0.15, 0.2) is 29.1 Å². The van der Waals surface area contributed by atoms with Gasteiger partial charge in [0.25, 0.3) is 0 Å². The zero-order chi connectivity index (χ0) is 10.8. The molecule has 0 fully saturated rings. The zero-order valence-corrected chi connectivity index (χ0v) is 9.09. The fraction of sp³-hybridized carbons (Fsp3) is 0.182. The van der Waals surface area contributed by atoms with Gasteiger partial charge in [0.2, 0.25) is 0 Å². The molecule has 0 bridgehead atoms. The highest BCUT2D eigenvalue weighted by atomic mass is 32.1. The number of benzene rings is 1. The minimum Gasteiger partial charge on any atom is -0.319 e. The molecule has 15 heavy (non-hydrogen) atoms. The molecule has 4 heteroatoms. The van der Waals surface area contributed by atoms with Crippen LogP contribution in [0.3, 0.4) is 0 Å².